The number of morpholine rings is 1. The zero-order valence-electron chi connectivity index (χ0n) is 13.7. The highest BCUT2D eigenvalue weighted by Crippen LogP contribution is 2.34. The van der Waals surface area contributed by atoms with E-state index in [4.69, 9.17) is 4.74 Å². The zero-order valence-corrected chi connectivity index (χ0v) is 15.4. The highest BCUT2D eigenvalue weighted by atomic mass is 35.5. The molecule has 7 nitrogen and oxygen atoms in total. The fourth-order valence-corrected chi connectivity index (χ4v) is 2.87. The van der Waals surface area contributed by atoms with Crippen molar-refractivity contribution >= 4 is 39.7 Å². The number of rotatable bonds is 5. The monoisotopic (exact) mass is 417 g/mol. The maximum Gasteiger partial charge on any atom is 0.416 e. The number of halogens is 4. The van der Waals surface area contributed by atoms with E-state index in [0.29, 0.717) is 25.8 Å². The molecule has 1 atom stereocenters. The summed E-state index contributed by atoms with van der Waals surface area (Å²) in [6, 6.07) is 2.13. The van der Waals surface area contributed by atoms with E-state index in [1.165, 1.54) is 0 Å². The molecule has 148 valence electrons. The SMILES string of the molecule is CS(=O)(=O)Nc1ccc(C(F)(F)F)cc1NC(=O)CC1COCCN1.Cl. The van der Waals surface area contributed by atoms with Crippen LogP contribution in [0.15, 0.2) is 18.2 Å². The maximum absolute atomic E-state index is 12.9. The van der Waals surface area contributed by atoms with E-state index in [1.807, 2.05) is 0 Å². The van der Waals surface area contributed by atoms with Gasteiger partial charge in [0.05, 0.1) is 36.4 Å². The maximum atomic E-state index is 12.9. The number of ether oxygens (including phenoxy) is 1. The molecule has 0 bridgehead atoms. The molecule has 1 fully saturated rings. The van der Waals surface area contributed by atoms with Gasteiger partial charge in [-0.1, -0.05) is 0 Å². The zero-order chi connectivity index (χ0) is 18.7. The highest BCUT2D eigenvalue weighted by Gasteiger charge is 2.31. The van der Waals surface area contributed by atoms with E-state index in [2.05, 4.69) is 15.4 Å². The van der Waals surface area contributed by atoms with Crippen LogP contribution in [-0.2, 0) is 25.7 Å². The number of amides is 1. The molecule has 0 spiro atoms. The van der Waals surface area contributed by atoms with Gasteiger partial charge in [0.15, 0.2) is 0 Å². The third-order valence-electron chi connectivity index (χ3n) is 3.35. The number of hydrogen-bond acceptors (Lipinski definition) is 5. The van der Waals surface area contributed by atoms with Gasteiger partial charge in [-0.15, -0.1) is 12.4 Å². The van der Waals surface area contributed by atoms with E-state index in [-0.39, 0.29) is 36.2 Å². The van der Waals surface area contributed by atoms with Crippen LogP contribution in [0, 0.1) is 0 Å². The van der Waals surface area contributed by atoms with Crippen molar-refractivity contribution in [1.82, 2.24) is 5.32 Å². The Morgan fingerprint density at radius 1 is 1.35 bits per heavy atom. The minimum absolute atomic E-state index is 0. The van der Waals surface area contributed by atoms with Gasteiger partial charge in [0.25, 0.3) is 0 Å². The molecule has 0 aliphatic carbocycles. The van der Waals surface area contributed by atoms with Crippen molar-refractivity contribution in [2.45, 2.75) is 18.6 Å². The Morgan fingerprint density at radius 2 is 2.04 bits per heavy atom. The quantitative estimate of drug-likeness (QED) is 0.679. The summed E-state index contributed by atoms with van der Waals surface area (Å²) >= 11 is 0. The van der Waals surface area contributed by atoms with E-state index in [9.17, 15) is 26.4 Å². The van der Waals surface area contributed by atoms with Crippen molar-refractivity contribution in [2.24, 2.45) is 0 Å². The van der Waals surface area contributed by atoms with Gasteiger partial charge in [0.1, 0.15) is 0 Å². The number of sulfonamides is 1. The minimum atomic E-state index is -4.62. The number of hydrogen-bond donors (Lipinski definition) is 3. The fourth-order valence-electron chi connectivity index (χ4n) is 2.29. The van der Waals surface area contributed by atoms with E-state index < -0.39 is 27.7 Å². The highest BCUT2D eigenvalue weighted by molar-refractivity contribution is 7.92. The summed E-state index contributed by atoms with van der Waals surface area (Å²) < 4.78 is 68.6. The van der Waals surface area contributed by atoms with Crippen LogP contribution in [0.3, 0.4) is 0 Å². The second-order valence-corrected chi connectivity index (χ2v) is 7.36. The van der Waals surface area contributed by atoms with Gasteiger partial charge in [-0.3, -0.25) is 9.52 Å². The molecule has 12 heteroatoms. The Labute approximate surface area is 155 Å². The molecule has 0 aromatic heterocycles. The van der Waals surface area contributed by atoms with Crippen molar-refractivity contribution in [3.05, 3.63) is 23.8 Å². The van der Waals surface area contributed by atoms with Crippen LogP contribution in [0.2, 0.25) is 0 Å². The van der Waals surface area contributed by atoms with Crippen molar-refractivity contribution < 1.29 is 31.1 Å². The number of carbonyl (C=O) groups is 1. The Morgan fingerprint density at radius 3 is 2.58 bits per heavy atom. The first-order valence-electron chi connectivity index (χ1n) is 7.34. The van der Waals surface area contributed by atoms with Crippen molar-refractivity contribution in [1.29, 1.82) is 0 Å². The summed E-state index contributed by atoms with van der Waals surface area (Å²) in [5, 5.41) is 5.38. The van der Waals surface area contributed by atoms with Gasteiger partial charge >= 0.3 is 6.18 Å². The van der Waals surface area contributed by atoms with Crippen LogP contribution < -0.4 is 15.4 Å². The largest absolute Gasteiger partial charge is 0.416 e. The van der Waals surface area contributed by atoms with Gasteiger partial charge in [-0.2, -0.15) is 13.2 Å². The van der Waals surface area contributed by atoms with E-state index in [1.54, 1.807) is 0 Å². The van der Waals surface area contributed by atoms with Crippen molar-refractivity contribution in [2.75, 3.05) is 36.1 Å². The van der Waals surface area contributed by atoms with Gasteiger partial charge in [-0.25, -0.2) is 8.42 Å². The Kier molecular flexibility index (Phi) is 7.69. The lowest BCUT2D eigenvalue weighted by atomic mass is 10.1. The van der Waals surface area contributed by atoms with Gasteiger partial charge in [0, 0.05) is 19.0 Å². The first-order valence-corrected chi connectivity index (χ1v) is 9.24. The molecular weight excluding hydrogens is 399 g/mol. The third kappa shape index (κ3) is 6.98. The van der Waals surface area contributed by atoms with E-state index >= 15 is 0 Å². The predicted octanol–water partition coefficient (Wildman–Crippen LogP) is 1.82. The molecule has 26 heavy (non-hydrogen) atoms. The number of benzene rings is 1. The number of carbonyl (C=O) groups excluding carboxylic acids is 1. The summed E-state index contributed by atoms with van der Waals surface area (Å²) in [7, 11) is -3.73. The van der Waals surface area contributed by atoms with Crippen LogP contribution in [0.4, 0.5) is 24.5 Å². The average Bonchev–Trinajstić information content (AvgIpc) is 2.47. The van der Waals surface area contributed by atoms with Crippen LogP contribution in [0.25, 0.3) is 0 Å². The van der Waals surface area contributed by atoms with Crippen LogP contribution >= 0.6 is 12.4 Å². The molecule has 0 saturated carbocycles. The second kappa shape index (κ2) is 8.89. The standard InChI is InChI=1S/C14H18F3N3O4S.ClH/c1-25(22,23)20-11-3-2-9(14(15,16)17)6-12(11)19-13(21)7-10-8-24-5-4-18-10;/h2-3,6,10,18,20H,4-5,7-8H2,1H3,(H,19,21);1H. The Bertz CT molecular complexity index is 737. The molecule has 1 aliphatic rings. The third-order valence-corrected chi connectivity index (χ3v) is 3.94. The summed E-state index contributed by atoms with van der Waals surface area (Å²) in [5.41, 5.74) is -1.40. The minimum Gasteiger partial charge on any atom is -0.378 e. The van der Waals surface area contributed by atoms with E-state index in [0.717, 1.165) is 18.4 Å². The molecule has 1 unspecified atom stereocenters. The Balaban J connectivity index is 0.00000338. The first-order chi connectivity index (χ1) is 11.5. The molecule has 1 aromatic rings. The first kappa shape index (κ1) is 22.5. The topological polar surface area (TPSA) is 96.5 Å². The number of nitrogens with one attached hydrogen (secondary N) is 3. The van der Waals surface area contributed by atoms with Crippen molar-refractivity contribution in [3.63, 3.8) is 0 Å². The smallest absolute Gasteiger partial charge is 0.378 e. The van der Waals surface area contributed by atoms with Crippen LogP contribution in [-0.4, -0.2) is 46.4 Å². The lowest BCUT2D eigenvalue weighted by Gasteiger charge is -2.23. The molecule has 1 amide bonds. The summed E-state index contributed by atoms with van der Waals surface area (Å²) in [6.45, 7) is 1.40. The molecule has 1 aliphatic heterocycles. The normalized spacial score (nSPS) is 17.9. The van der Waals surface area contributed by atoms with Gasteiger partial charge in [-0.05, 0) is 18.2 Å². The lowest BCUT2D eigenvalue weighted by molar-refractivity contribution is -0.137. The lowest BCUT2D eigenvalue weighted by Crippen LogP contribution is -2.43. The van der Waals surface area contributed by atoms with Crippen LogP contribution in [0.1, 0.15) is 12.0 Å². The molecule has 2 rings (SSSR count). The molecule has 1 aromatic carbocycles. The predicted molar refractivity (Wildman–Crippen MR) is 93.0 cm³/mol. The number of alkyl halides is 3. The average molecular weight is 418 g/mol. The molecule has 1 heterocycles. The van der Waals surface area contributed by atoms with Gasteiger partial charge < -0.3 is 15.4 Å². The summed E-state index contributed by atoms with van der Waals surface area (Å²) in [5.74, 6) is -0.557. The number of anilines is 2. The molecule has 3 N–H and O–H groups in total. The second-order valence-electron chi connectivity index (χ2n) is 5.61. The van der Waals surface area contributed by atoms with Gasteiger partial charge in [0.2, 0.25) is 15.9 Å². The Hall–Kier alpha value is -1.56. The molecule has 0 radical (unpaired) electrons. The van der Waals surface area contributed by atoms with Crippen LogP contribution in [0.5, 0.6) is 0 Å². The molecular formula is C14H19ClF3N3O4S. The summed E-state index contributed by atoms with van der Waals surface area (Å²) in [6.07, 6.45) is -3.78. The molecule has 1 saturated heterocycles. The fraction of sp³-hybridized carbons (Fsp3) is 0.500. The van der Waals surface area contributed by atoms with Crippen molar-refractivity contribution in [3.8, 4) is 0 Å². The summed E-state index contributed by atoms with van der Waals surface area (Å²) in [4.78, 5) is 12.1.